The van der Waals surface area contributed by atoms with E-state index in [2.05, 4.69) is 10.3 Å². The summed E-state index contributed by atoms with van der Waals surface area (Å²) < 4.78 is 6.37. The van der Waals surface area contributed by atoms with Crippen molar-refractivity contribution < 1.29 is 14.3 Å². The Morgan fingerprint density at radius 1 is 1.24 bits per heavy atom. The van der Waals surface area contributed by atoms with Crippen LogP contribution in [0.2, 0.25) is 0 Å². The summed E-state index contributed by atoms with van der Waals surface area (Å²) in [7, 11) is 0. The number of amides is 1. The Balaban J connectivity index is 2.03. The van der Waals surface area contributed by atoms with Crippen molar-refractivity contribution in [3.63, 3.8) is 0 Å². The molecule has 29 heavy (non-hydrogen) atoms. The lowest BCUT2D eigenvalue weighted by Crippen LogP contribution is -2.31. The molecule has 0 saturated carbocycles. The van der Waals surface area contributed by atoms with Gasteiger partial charge >= 0.3 is 5.97 Å². The van der Waals surface area contributed by atoms with Crippen molar-refractivity contribution in [1.82, 2.24) is 9.55 Å². The highest BCUT2D eigenvalue weighted by Gasteiger charge is 2.25. The van der Waals surface area contributed by atoms with Crippen molar-refractivity contribution in [1.29, 1.82) is 0 Å². The number of rotatable bonds is 6. The summed E-state index contributed by atoms with van der Waals surface area (Å²) in [6.45, 7) is 7.40. The lowest BCUT2D eigenvalue weighted by molar-refractivity contribution is -0.147. The number of hydrogen-bond donors (Lipinski definition) is 1. The topological polar surface area (TPSA) is 90.3 Å². The van der Waals surface area contributed by atoms with Crippen LogP contribution in [0.3, 0.4) is 0 Å². The average molecular weight is 413 g/mol. The Morgan fingerprint density at radius 3 is 2.62 bits per heavy atom. The molecule has 7 nitrogen and oxygen atoms in total. The SMILES string of the molecule is CCOC(=O)[C@@H](CC)n1cnc2sc(C(=O)Nc3ccccc3C)c(C)c2c1=O. The number of thiophene rings is 1. The minimum atomic E-state index is -0.747. The number of nitrogens with zero attached hydrogens (tertiary/aromatic N) is 2. The number of aromatic nitrogens is 2. The van der Waals surface area contributed by atoms with Gasteiger partial charge in [0.25, 0.3) is 11.5 Å². The number of nitrogens with one attached hydrogen (secondary N) is 1. The molecule has 1 amide bonds. The zero-order valence-corrected chi connectivity index (χ0v) is 17.6. The van der Waals surface area contributed by atoms with Gasteiger partial charge < -0.3 is 10.1 Å². The Hall–Kier alpha value is -3.00. The normalized spacial score (nSPS) is 12.0. The Labute approximate surface area is 172 Å². The molecule has 2 heterocycles. The second-order valence-electron chi connectivity index (χ2n) is 6.64. The number of carbonyl (C=O) groups excluding carboxylic acids is 2. The van der Waals surface area contributed by atoms with Gasteiger partial charge in [0.2, 0.25) is 0 Å². The van der Waals surface area contributed by atoms with Crippen molar-refractivity contribution in [3.05, 3.63) is 57.0 Å². The number of aryl methyl sites for hydroxylation is 2. The number of benzene rings is 1. The van der Waals surface area contributed by atoms with E-state index in [9.17, 15) is 14.4 Å². The van der Waals surface area contributed by atoms with E-state index < -0.39 is 12.0 Å². The van der Waals surface area contributed by atoms with E-state index in [0.717, 1.165) is 5.56 Å². The molecule has 0 saturated heterocycles. The number of carbonyl (C=O) groups is 2. The zero-order chi connectivity index (χ0) is 21.1. The fourth-order valence-corrected chi connectivity index (χ4v) is 4.22. The smallest absolute Gasteiger partial charge is 0.329 e. The van der Waals surface area contributed by atoms with E-state index in [1.165, 1.54) is 22.2 Å². The fraction of sp³-hybridized carbons (Fsp3) is 0.333. The molecule has 0 bridgehead atoms. The molecule has 8 heteroatoms. The van der Waals surface area contributed by atoms with E-state index in [1.807, 2.05) is 31.2 Å². The maximum Gasteiger partial charge on any atom is 0.329 e. The summed E-state index contributed by atoms with van der Waals surface area (Å²) in [6.07, 6.45) is 1.75. The van der Waals surface area contributed by atoms with E-state index in [1.54, 1.807) is 20.8 Å². The van der Waals surface area contributed by atoms with Gasteiger partial charge in [0.05, 0.1) is 23.2 Å². The van der Waals surface area contributed by atoms with Gasteiger partial charge in [0.15, 0.2) is 0 Å². The molecule has 1 atom stereocenters. The minimum absolute atomic E-state index is 0.237. The third kappa shape index (κ3) is 3.93. The summed E-state index contributed by atoms with van der Waals surface area (Å²) in [5.41, 5.74) is 1.87. The van der Waals surface area contributed by atoms with Crippen LogP contribution < -0.4 is 10.9 Å². The molecule has 0 aliphatic carbocycles. The van der Waals surface area contributed by atoms with Crippen molar-refractivity contribution >= 4 is 39.1 Å². The number of hydrogen-bond acceptors (Lipinski definition) is 6. The molecule has 0 radical (unpaired) electrons. The highest BCUT2D eigenvalue weighted by atomic mass is 32.1. The van der Waals surface area contributed by atoms with Crippen LogP contribution in [-0.4, -0.2) is 28.0 Å². The molecule has 0 spiro atoms. The summed E-state index contributed by atoms with van der Waals surface area (Å²) in [6, 6.07) is 6.74. The molecular weight excluding hydrogens is 390 g/mol. The van der Waals surface area contributed by atoms with Crippen molar-refractivity contribution in [2.24, 2.45) is 0 Å². The number of ether oxygens (including phenoxy) is 1. The monoisotopic (exact) mass is 413 g/mol. The number of anilines is 1. The highest BCUT2D eigenvalue weighted by molar-refractivity contribution is 7.20. The molecule has 0 fully saturated rings. The van der Waals surface area contributed by atoms with Crippen molar-refractivity contribution in [2.45, 2.75) is 40.2 Å². The predicted octanol–water partition coefficient (Wildman–Crippen LogP) is 3.84. The van der Waals surface area contributed by atoms with Gasteiger partial charge in [-0.25, -0.2) is 9.78 Å². The number of esters is 1. The zero-order valence-electron chi connectivity index (χ0n) is 16.8. The second kappa shape index (κ2) is 8.57. The Morgan fingerprint density at radius 2 is 1.97 bits per heavy atom. The second-order valence-corrected chi connectivity index (χ2v) is 7.64. The maximum absolute atomic E-state index is 13.1. The molecule has 0 aliphatic rings. The molecule has 0 aliphatic heterocycles. The summed E-state index contributed by atoms with van der Waals surface area (Å²) >= 11 is 1.17. The van der Waals surface area contributed by atoms with Gasteiger partial charge in [0, 0.05) is 5.69 Å². The third-order valence-corrected chi connectivity index (χ3v) is 5.96. The first-order valence-electron chi connectivity index (χ1n) is 9.42. The van der Waals surface area contributed by atoms with Crippen LogP contribution in [0.25, 0.3) is 10.2 Å². The first kappa shape index (κ1) is 20.7. The molecule has 152 valence electrons. The molecule has 3 aromatic rings. The van der Waals surface area contributed by atoms with E-state index in [0.29, 0.717) is 32.8 Å². The van der Waals surface area contributed by atoms with Crippen LogP contribution in [-0.2, 0) is 9.53 Å². The van der Waals surface area contributed by atoms with Gasteiger partial charge in [-0.05, 0) is 44.4 Å². The molecule has 3 rings (SSSR count). The number of para-hydroxylation sites is 1. The summed E-state index contributed by atoms with van der Waals surface area (Å²) in [4.78, 5) is 43.4. The lowest BCUT2D eigenvalue weighted by Gasteiger charge is -2.16. The van der Waals surface area contributed by atoms with Gasteiger partial charge in [0.1, 0.15) is 10.9 Å². The van der Waals surface area contributed by atoms with Gasteiger partial charge in [-0.2, -0.15) is 0 Å². The summed E-state index contributed by atoms with van der Waals surface area (Å²) in [5.74, 6) is -0.758. The van der Waals surface area contributed by atoms with Crippen LogP contribution in [0.15, 0.2) is 35.4 Å². The summed E-state index contributed by atoms with van der Waals surface area (Å²) in [5, 5.41) is 3.25. The minimum Gasteiger partial charge on any atom is -0.464 e. The molecule has 1 aromatic carbocycles. The lowest BCUT2D eigenvalue weighted by atomic mass is 10.1. The largest absolute Gasteiger partial charge is 0.464 e. The van der Waals surface area contributed by atoms with Gasteiger partial charge in [-0.15, -0.1) is 11.3 Å². The predicted molar refractivity (Wildman–Crippen MR) is 114 cm³/mol. The quantitative estimate of drug-likeness (QED) is 0.620. The Bertz CT molecular complexity index is 1130. The molecule has 1 N–H and O–H groups in total. The molecule has 0 unspecified atom stereocenters. The molecule has 2 aromatic heterocycles. The highest BCUT2D eigenvalue weighted by Crippen LogP contribution is 2.28. The van der Waals surface area contributed by atoms with E-state index in [4.69, 9.17) is 4.74 Å². The van der Waals surface area contributed by atoms with Gasteiger partial charge in [-0.3, -0.25) is 14.2 Å². The number of fused-ring (bicyclic) bond motifs is 1. The first-order chi connectivity index (χ1) is 13.9. The maximum atomic E-state index is 13.1. The van der Waals surface area contributed by atoms with Crippen LogP contribution in [0.4, 0.5) is 5.69 Å². The van der Waals surface area contributed by atoms with E-state index in [-0.39, 0.29) is 18.1 Å². The average Bonchev–Trinajstić information content (AvgIpc) is 3.03. The van der Waals surface area contributed by atoms with Gasteiger partial charge in [-0.1, -0.05) is 25.1 Å². The third-order valence-electron chi connectivity index (χ3n) is 4.76. The fourth-order valence-electron chi connectivity index (χ4n) is 3.18. The van der Waals surface area contributed by atoms with Crippen LogP contribution >= 0.6 is 11.3 Å². The standard InChI is InChI=1S/C21H23N3O4S/c1-5-15(21(27)28-6-2)24-11-22-19-16(20(24)26)13(4)17(29-19)18(25)23-14-10-8-7-9-12(14)3/h7-11,15H,5-6H2,1-4H3,(H,23,25)/t15-/m1/s1. The van der Waals surface area contributed by atoms with Crippen molar-refractivity contribution in [3.8, 4) is 0 Å². The van der Waals surface area contributed by atoms with Crippen LogP contribution in [0.5, 0.6) is 0 Å². The van der Waals surface area contributed by atoms with Crippen LogP contribution in [0.1, 0.15) is 47.1 Å². The first-order valence-corrected chi connectivity index (χ1v) is 10.2. The Kier molecular flexibility index (Phi) is 6.12. The molecular formula is C21H23N3O4S. The van der Waals surface area contributed by atoms with E-state index >= 15 is 0 Å². The van der Waals surface area contributed by atoms with Crippen LogP contribution in [0, 0.1) is 13.8 Å². The van der Waals surface area contributed by atoms with Crippen molar-refractivity contribution in [2.75, 3.05) is 11.9 Å².